The number of benzene rings is 2. The normalized spacial score (nSPS) is 20.9. The Morgan fingerprint density at radius 3 is 2.74 bits per heavy atom. The Morgan fingerprint density at radius 2 is 2.00 bits per heavy atom. The minimum Gasteiger partial charge on any atom is -0.507 e. The molecule has 2 atom stereocenters. The van der Waals surface area contributed by atoms with Gasteiger partial charge in [0.2, 0.25) is 0 Å². The molecule has 1 fully saturated rings. The van der Waals surface area contributed by atoms with Gasteiger partial charge >= 0.3 is 0 Å². The first-order chi connectivity index (χ1) is 16.8. The SMILES string of the molecule is CCCCOc1cccc(C2C(=C(O)c3ccc4c(c3)CC(C)O4)C(=O)C(=O)N2CCN(C)C)c1. The van der Waals surface area contributed by atoms with Gasteiger partial charge in [-0.1, -0.05) is 25.5 Å². The molecule has 1 amide bonds. The zero-order valence-electron chi connectivity index (χ0n) is 20.9. The van der Waals surface area contributed by atoms with Gasteiger partial charge in [-0.2, -0.15) is 0 Å². The maximum atomic E-state index is 13.3. The molecule has 1 N–H and O–H groups in total. The van der Waals surface area contributed by atoms with Crippen LogP contribution in [0.3, 0.4) is 0 Å². The first-order valence-corrected chi connectivity index (χ1v) is 12.3. The Morgan fingerprint density at radius 1 is 1.20 bits per heavy atom. The zero-order chi connectivity index (χ0) is 25.1. The molecule has 2 aliphatic heterocycles. The van der Waals surface area contributed by atoms with Gasteiger partial charge in [0.15, 0.2) is 0 Å². The Bertz CT molecular complexity index is 1140. The second kappa shape index (κ2) is 10.5. The van der Waals surface area contributed by atoms with E-state index in [1.807, 2.05) is 62.3 Å². The number of amides is 1. The molecular formula is C28H34N2O5. The van der Waals surface area contributed by atoms with E-state index in [4.69, 9.17) is 9.47 Å². The molecule has 0 bridgehead atoms. The maximum Gasteiger partial charge on any atom is 0.295 e. The molecule has 2 aromatic rings. The highest BCUT2D eigenvalue weighted by atomic mass is 16.5. The number of unbranched alkanes of at least 4 members (excludes halogenated alkanes) is 1. The fourth-order valence-electron chi connectivity index (χ4n) is 4.60. The summed E-state index contributed by atoms with van der Waals surface area (Å²) < 4.78 is 11.7. The van der Waals surface area contributed by atoms with E-state index in [0.717, 1.165) is 36.1 Å². The highest BCUT2D eigenvalue weighted by molar-refractivity contribution is 6.46. The number of aliphatic hydroxyl groups excluding tert-OH is 1. The third-order valence-electron chi connectivity index (χ3n) is 6.44. The summed E-state index contributed by atoms with van der Waals surface area (Å²) >= 11 is 0. The van der Waals surface area contributed by atoms with Crippen molar-refractivity contribution in [1.29, 1.82) is 0 Å². The minimum atomic E-state index is -0.701. The molecule has 0 saturated carbocycles. The summed E-state index contributed by atoms with van der Waals surface area (Å²) in [7, 11) is 3.84. The summed E-state index contributed by atoms with van der Waals surface area (Å²) in [5, 5.41) is 11.4. The number of fused-ring (bicyclic) bond motifs is 1. The number of hydrogen-bond acceptors (Lipinski definition) is 6. The number of hydrogen-bond donors (Lipinski definition) is 1. The van der Waals surface area contributed by atoms with Gasteiger partial charge in [-0.15, -0.1) is 0 Å². The molecular weight excluding hydrogens is 444 g/mol. The van der Waals surface area contributed by atoms with Crippen molar-refractivity contribution in [2.24, 2.45) is 0 Å². The number of likely N-dealkylation sites (tertiary alicyclic amines) is 1. The van der Waals surface area contributed by atoms with Gasteiger partial charge in [0.05, 0.1) is 18.2 Å². The first-order valence-electron chi connectivity index (χ1n) is 12.3. The number of carbonyl (C=O) groups is 2. The molecule has 0 aromatic heterocycles. The summed E-state index contributed by atoms with van der Waals surface area (Å²) in [6.07, 6.45) is 2.75. The maximum absolute atomic E-state index is 13.3. The first kappa shape index (κ1) is 24.8. The minimum absolute atomic E-state index is 0.0643. The number of ether oxygens (including phenoxy) is 2. The Hall–Kier alpha value is -3.32. The number of carbonyl (C=O) groups excluding carboxylic acids is 2. The van der Waals surface area contributed by atoms with Gasteiger partial charge in [0.1, 0.15) is 23.4 Å². The average molecular weight is 479 g/mol. The summed E-state index contributed by atoms with van der Waals surface area (Å²) in [4.78, 5) is 29.9. The summed E-state index contributed by atoms with van der Waals surface area (Å²) in [6, 6.07) is 12.2. The Balaban J connectivity index is 1.77. The van der Waals surface area contributed by atoms with E-state index in [2.05, 4.69) is 6.92 Å². The van der Waals surface area contributed by atoms with Crippen molar-refractivity contribution in [2.75, 3.05) is 33.8 Å². The van der Waals surface area contributed by atoms with Crippen molar-refractivity contribution in [3.8, 4) is 11.5 Å². The van der Waals surface area contributed by atoms with Crippen LogP contribution in [0.25, 0.3) is 5.76 Å². The molecule has 2 aromatic carbocycles. The zero-order valence-corrected chi connectivity index (χ0v) is 20.9. The van der Waals surface area contributed by atoms with Crippen LogP contribution in [0.4, 0.5) is 0 Å². The predicted molar refractivity (Wildman–Crippen MR) is 135 cm³/mol. The molecule has 2 unspecified atom stereocenters. The summed E-state index contributed by atoms with van der Waals surface area (Å²) in [6.45, 7) is 5.63. The topological polar surface area (TPSA) is 79.3 Å². The quantitative estimate of drug-likeness (QED) is 0.252. The van der Waals surface area contributed by atoms with Crippen LogP contribution >= 0.6 is 0 Å². The smallest absolute Gasteiger partial charge is 0.295 e. The second-order valence-electron chi connectivity index (χ2n) is 9.53. The van der Waals surface area contributed by atoms with Crippen LogP contribution in [0.15, 0.2) is 48.0 Å². The lowest BCUT2D eigenvalue weighted by Gasteiger charge is -2.27. The highest BCUT2D eigenvalue weighted by Gasteiger charge is 2.46. The Labute approximate surface area is 206 Å². The number of ketones is 1. The van der Waals surface area contributed by atoms with E-state index in [1.165, 1.54) is 0 Å². The molecule has 2 aliphatic rings. The molecule has 186 valence electrons. The van der Waals surface area contributed by atoms with Gasteiger partial charge in [0, 0.05) is 25.1 Å². The van der Waals surface area contributed by atoms with E-state index in [-0.39, 0.29) is 17.4 Å². The van der Waals surface area contributed by atoms with Crippen molar-refractivity contribution in [1.82, 2.24) is 9.80 Å². The van der Waals surface area contributed by atoms with Gasteiger partial charge in [-0.05, 0) is 68.9 Å². The van der Waals surface area contributed by atoms with E-state index in [9.17, 15) is 14.7 Å². The van der Waals surface area contributed by atoms with Crippen molar-refractivity contribution >= 4 is 17.4 Å². The molecule has 0 radical (unpaired) electrons. The fourth-order valence-corrected chi connectivity index (χ4v) is 4.60. The van der Waals surface area contributed by atoms with Crippen LogP contribution in [0.2, 0.25) is 0 Å². The Kier molecular flexibility index (Phi) is 7.45. The molecule has 2 heterocycles. The molecule has 7 heteroatoms. The second-order valence-corrected chi connectivity index (χ2v) is 9.53. The van der Waals surface area contributed by atoms with Crippen LogP contribution < -0.4 is 9.47 Å². The van der Waals surface area contributed by atoms with Crippen molar-refractivity contribution in [2.45, 2.75) is 45.3 Å². The van der Waals surface area contributed by atoms with Crippen molar-refractivity contribution in [3.63, 3.8) is 0 Å². The standard InChI is InChI=1S/C28H34N2O5/c1-5-6-14-34-22-9-7-8-19(17-22)25-24(27(32)28(33)30(25)13-12-29(3)4)26(31)20-10-11-23-21(16-20)15-18(2)35-23/h7-11,16-18,25,31H,5-6,12-15H2,1-4H3. The van der Waals surface area contributed by atoms with Crippen LogP contribution in [0.1, 0.15) is 49.4 Å². The fraction of sp³-hybridized carbons (Fsp3) is 0.429. The molecule has 7 nitrogen and oxygen atoms in total. The van der Waals surface area contributed by atoms with Gasteiger partial charge < -0.3 is 24.4 Å². The number of aliphatic hydroxyl groups is 1. The van der Waals surface area contributed by atoms with E-state index in [0.29, 0.717) is 31.0 Å². The molecule has 0 spiro atoms. The number of likely N-dealkylation sites (N-methyl/N-ethyl adjacent to an activating group) is 1. The predicted octanol–water partition coefficient (Wildman–Crippen LogP) is 4.17. The van der Waals surface area contributed by atoms with Crippen molar-refractivity contribution in [3.05, 3.63) is 64.7 Å². The van der Waals surface area contributed by atoms with E-state index >= 15 is 0 Å². The average Bonchev–Trinajstić information content (AvgIpc) is 3.33. The van der Waals surface area contributed by atoms with Crippen LogP contribution in [-0.2, 0) is 16.0 Å². The third kappa shape index (κ3) is 5.20. The van der Waals surface area contributed by atoms with Crippen LogP contribution in [-0.4, -0.2) is 66.5 Å². The lowest BCUT2D eigenvalue weighted by molar-refractivity contribution is -0.140. The number of Topliss-reactive ketones (excluding diaryl/α,β-unsaturated/α-hetero) is 1. The van der Waals surface area contributed by atoms with E-state index < -0.39 is 17.7 Å². The lowest BCUT2D eigenvalue weighted by atomic mass is 9.94. The van der Waals surface area contributed by atoms with E-state index in [1.54, 1.807) is 11.0 Å². The lowest BCUT2D eigenvalue weighted by Crippen LogP contribution is -2.35. The highest BCUT2D eigenvalue weighted by Crippen LogP contribution is 2.41. The van der Waals surface area contributed by atoms with Gasteiger partial charge in [-0.3, -0.25) is 9.59 Å². The number of rotatable bonds is 9. The molecule has 35 heavy (non-hydrogen) atoms. The van der Waals surface area contributed by atoms with Crippen LogP contribution in [0, 0.1) is 0 Å². The molecule has 0 aliphatic carbocycles. The molecule has 1 saturated heterocycles. The monoisotopic (exact) mass is 478 g/mol. The van der Waals surface area contributed by atoms with Crippen LogP contribution in [0.5, 0.6) is 11.5 Å². The summed E-state index contributed by atoms with van der Waals surface area (Å²) in [5.74, 6) is 0.0228. The van der Waals surface area contributed by atoms with Crippen molar-refractivity contribution < 1.29 is 24.2 Å². The molecule has 4 rings (SSSR count). The van der Waals surface area contributed by atoms with Gasteiger partial charge in [-0.25, -0.2) is 0 Å². The van der Waals surface area contributed by atoms with Gasteiger partial charge in [0.25, 0.3) is 11.7 Å². The summed E-state index contributed by atoms with van der Waals surface area (Å²) in [5.41, 5.74) is 2.32. The largest absolute Gasteiger partial charge is 0.507 e. The number of nitrogens with zero attached hydrogens (tertiary/aromatic N) is 2. The third-order valence-corrected chi connectivity index (χ3v) is 6.44.